The van der Waals surface area contributed by atoms with E-state index in [1.165, 1.54) is 46.0 Å². The molecular formula is C33H36F3N3S. The highest BCUT2D eigenvalue weighted by molar-refractivity contribution is 7.97. The zero-order valence-electron chi connectivity index (χ0n) is 23.2. The molecule has 0 aromatic heterocycles. The van der Waals surface area contributed by atoms with Gasteiger partial charge in [0.25, 0.3) is 0 Å². The first-order chi connectivity index (χ1) is 18.9. The summed E-state index contributed by atoms with van der Waals surface area (Å²) < 4.78 is 38.2. The number of hydrogen-bond donors (Lipinski definition) is 2. The highest BCUT2D eigenvalue weighted by Gasteiger charge is 2.46. The number of alkyl halides is 3. The molecule has 7 heteroatoms. The van der Waals surface area contributed by atoms with Gasteiger partial charge in [-0.05, 0) is 83.8 Å². The van der Waals surface area contributed by atoms with E-state index in [1.54, 1.807) is 5.57 Å². The van der Waals surface area contributed by atoms with Crippen LogP contribution in [0.5, 0.6) is 0 Å². The van der Waals surface area contributed by atoms with Crippen molar-refractivity contribution >= 4 is 17.6 Å². The van der Waals surface area contributed by atoms with Gasteiger partial charge in [-0.1, -0.05) is 68.8 Å². The molecule has 0 saturated carbocycles. The van der Waals surface area contributed by atoms with Crippen molar-refractivity contribution in [1.29, 1.82) is 0 Å². The second-order valence-electron chi connectivity index (χ2n) is 11.9. The fourth-order valence-corrected chi connectivity index (χ4v) is 6.51. The van der Waals surface area contributed by atoms with Crippen molar-refractivity contribution in [2.24, 2.45) is 5.41 Å². The normalized spacial score (nSPS) is 20.4. The lowest BCUT2D eigenvalue weighted by Crippen LogP contribution is -2.43. The molecule has 2 aliphatic heterocycles. The van der Waals surface area contributed by atoms with E-state index in [9.17, 15) is 13.2 Å². The van der Waals surface area contributed by atoms with Crippen LogP contribution in [0.25, 0.3) is 0 Å². The van der Waals surface area contributed by atoms with Crippen LogP contribution in [0.3, 0.4) is 0 Å². The topological polar surface area (TPSA) is 51.2 Å². The third kappa shape index (κ3) is 6.76. The quantitative estimate of drug-likeness (QED) is 0.247. The molecule has 3 N–H and O–H groups in total. The lowest BCUT2D eigenvalue weighted by Gasteiger charge is -2.45. The fourth-order valence-electron chi connectivity index (χ4n) is 5.46. The molecule has 0 spiro atoms. The van der Waals surface area contributed by atoms with E-state index < -0.39 is 11.7 Å². The van der Waals surface area contributed by atoms with Crippen molar-refractivity contribution in [2.45, 2.75) is 56.5 Å². The van der Waals surface area contributed by atoms with E-state index >= 15 is 0 Å². The van der Waals surface area contributed by atoms with Gasteiger partial charge in [0, 0.05) is 41.2 Å². The minimum Gasteiger partial charge on any atom is -0.399 e. The van der Waals surface area contributed by atoms with E-state index in [-0.39, 0.29) is 10.8 Å². The number of piperidine rings is 1. The summed E-state index contributed by atoms with van der Waals surface area (Å²) >= 11 is 1.93. The van der Waals surface area contributed by atoms with Gasteiger partial charge in [-0.2, -0.15) is 13.2 Å². The van der Waals surface area contributed by atoms with Crippen LogP contribution in [-0.4, -0.2) is 17.4 Å². The van der Waals surface area contributed by atoms with Gasteiger partial charge in [0.05, 0.1) is 11.3 Å². The summed E-state index contributed by atoms with van der Waals surface area (Å²) in [4.78, 5) is 1.35. The highest BCUT2D eigenvalue weighted by Crippen LogP contribution is 2.51. The first-order valence-corrected chi connectivity index (χ1v) is 14.4. The average molecular weight is 564 g/mol. The maximum Gasteiger partial charge on any atom is 0.416 e. The Balaban J connectivity index is 0.000000248. The van der Waals surface area contributed by atoms with Crippen LogP contribution in [0.1, 0.15) is 50.3 Å². The van der Waals surface area contributed by atoms with Crippen molar-refractivity contribution in [3.05, 3.63) is 119 Å². The molecule has 210 valence electrons. The molecule has 3 aromatic rings. The molecule has 3 aliphatic rings. The summed E-state index contributed by atoms with van der Waals surface area (Å²) in [7, 11) is 0. The molecule has 3 aromatic carbocycles. The maximum absolute atomic E-state index is 11.9. The van der Waals surface area contributed by atoms with Crippen LogP contribution in [0.15, 0.2) is 107 Å². The third-order valence-corrected chi connectivity index (χ3v) is 8.80. The van der Waals surface area contributed by atoms with Crippen molar-refractivity contribution in [2.75, 3.05) is 18.8 Å². The van der Waals surface area contributed by atoms with Gasteiger partial charge >= 0.3 is 6.18 Å². The number of hydrogen-bond acceptors (Lipinski definition) is 4. The van der Waals surface area contributed by atoms with Crippen molar-refractivity contribution in [3.63, 3.8) is 0 Å². The number of allylic oxidation sites excluding steroid dienone is 2. The molecule has 40 heavy (non-hydrogen) atoms. The minimum atomic E-state index is -4.27. The second-order valence-corrected chi connectivity index (χ2v) is 13.1. The van der Waals surface area contributed by atoms with Gasteiger partial charge in [-0.3, -0.25) is 0 Å². The second kappa shape index (κ2) is 11.0. The number of nitrogens with one attached hydrogen (secondary N) is 1. The van der Waals surface area contributed by atoms with Gasteiger partial charge in [0.2, 0.25) is 0 Å². The Labute approximate surface area is 239 Å². The van der Waals surface area contributed by atoms with E-state index in [2.05, 4.69) is 91.1 Å². The molecule has 0 radical (unpaired) electrons. The molecule has 0 amide bonds. The molecule has 3 nitrogen and oxygen atoms in total. The highest BCUT2D eigenvalue weighted by atomic mass is 32.2. The minimum absolute atomic E-state index is 0.207. The summed E-state index contributed by atoms with van der Waals surface area (Å²) in [6.45, 7) is 9.06. The number of nitrogens with zero attached hydrogens (tertiary/aromatic N) is 1. The zero-order chi connectivity index (χ0) is 28.5. The molecule has 6 rings (SSSR count). The first kappa shape index (κ1) is 28.4. The van der Waals surface area contributed by atoms with Gasteiger partial charge in [0.15, 0.2) is 0 Å². The summed E-state index contributed by atoms with van der Waals surface area (Å²) in [5.74, 6) is 0. The van der Waals surface area contributed by atoms with Crippen molar-refractivity contribution in [1.82, 2.24) is 9.62 Å². The molecule has 0 bridgehead atoms. The van der Waals surface area contributed by atoms with Crippen LogP contribution < -0.4 is 11.1 Å². The SMILES string of the molecule is CC(C)(C)c1ccc(SN2CCC3=CC4=C(CC3(Cc3ccccc3)C2)N4)cc1.Nc1ccc(C(F)(F)F)cc1. The van der Waals surface area contributed by atoms with E-state index in [1.807, 2.05) is 11.9 Å². The Bertz CT molecular complexity index is 1390. The van der Waals surface area contributed by atoms with Crippen LogP contribution in [0.2, 0.25) is 0 Å². The predicted octanol–water partition coefficient (Wildman–Crippen LogP) is 8.36. The summed E-state index contributed by atoms with van der Waals surface area (Å²) in [5, 5.41) is 3.51. The Morgan fingerprint density at radius 3 is 2.17 bits per heavy atom. The Hall–Kier alpha value is -3.16. The standard InChI is InChI=1S/C26H30N2S.C7H6F3N/c1-25(2,3)20-9-11-22(12-10-20)29-28-14-13-21-15-23-24(27-23)17-26(21,18-28)16-19-7-5-4-6-8-19;8-7(9,10)5-1-3-6(11)4-2-5/h4-12,15,27H,13-14,16-18H2,1-3H3;1-4H,11H2. The maximum atomic E-state index is 11.9. The Kier molecular flexibility index (Phi) is 7.81. The monoisotopic (exact) mass is 563 g/mol. The summed E-state index contributed by atoms with van der Waals surface area (Å²) in [5.41, 5.74) is 12.6. The number of rotatable bonds is 4. The number of nitrogen functional groups attached to an aromatic ring is 1. The number of benzene rings is 3. The summed E-state index contributed by atoms with van der Waals surface area (Å²) in [6, 6.07) is 24.6. The van der Waals surface area contributed by atoms with Gasteiger partial charge in [-0.25, -0.2) is 4.31 Å². The van der Waals surface area contributed by atoms with E-state index in [4.69, 9.17) is 5.73 Å². The lowest BCUT2D eigenvalue weighted by atomic mass is 9.68. The van der Waals surface area contributed by atoms with E-state index in [0.717, 1.165) is 38.1 Å². The number of fused-ring (bicyclic) bond motifs is 1. The fraction of sp³-hybridized carbons (Fsp3) is 0.333. The molecule has 1 atom stereocenters. The largest absolute Gasteiger partial charge is 0.416 e. The summed E-state index contributed by atoms with van der Waals surface area (Å²) in [6.07, 6.45) is 1.62. The number of halogens is 3. The van der Waals surface area contributed by atoms with Gasteiger partial charge in [0.1, 0.15) is 0 Å². The molecule has 1 fully saturated rings. The first-order valence-electron chi connectivity index (χ1n) is 13.6. The zero-order valence-corrected chi connectivity index (χ0v) is 24.0. The average Bonchev–Trinajstić information content (AvgIpc) is 3.65. The van der Waals surface area contributed by atoms with Crippen LogP contribution in [-0.2, 0) is 18.0 Å². The van der Waals surface area contributed by atoms with Gasteiger partial charge < -0.3 is 11.1 Å². The Morgan fingerprint density at radius 2 is 1.55 bits per heavy atom. The molecule has 2 heterocycles. The molecular weight excluding hydrogens is 527 g/mol. The molecule has 1 saturated heterocycles. The van der Waals surface area contributed by atoms with Crippen molar-refractivity contribution < 1.29 is 13.2 Å². The van der Waals surface area contributed by atoms with Crippen molar-refractivity contribution in [3.8, 4) is 0 Å². The van der Waals surface area contributed by atoms with Crippen LogP contribution in [0.4, 0.5) is 18.9 Å². The third-order valence-electron chi connectivity index (χ3n) is 7.75. The van der Waals surface area contributed by atoms with E-state index in [0.29, 0.717) is 5.69 Å². The molecule has 1 aliphatic carbocycles. The number of nitrogens with two attached hydrogens (primary N) is 1. The predicted molar refractivity (Wildman–Crippen MR) is 158 cm³/mol. The smallest absolute Gasteiger partial charge is 0.399 e. The Morgan fingerprint density at radius 1 is 0.900 bits per heavy atom. The van der Waals surface area contributed by atoms with Gasteiger partial charge in [-0.15, -0.1) is 0 Å². The lowest BCUT2D eigenvalue weighted by molar-refractivity contribution is -0.137. The van der Waals surface area contributed by atoms with Crippen LogP contribution >= 0.6 is 11.9 Å². The van der Waals surface area contributed by atoms with Crippen LogP contribution in [0, 0.1) is 5.41 Å². The number of anilines is 1. The molecule has 1 unspecified atom stereocenters.